The van der Waals surface area contributed by atoms with Crippen LogP contribution in [0, 0.1) is 0 Å². The highest BCUT2D eigenvalue weighted by molar-refractivity contribution is 5.72. The Balaban J connectivity index is 1.69. The van der Waals surface area contributed by atoms with E-state index in [-0.39, 0.29) is 34.5 Å². The number of hydrogen-bond acceptors (Lipinski definition) is 6. The van der Waals surface area contributed by atoms with Crippen molar-refractivity contribution in [3.63, 3.8) is 0 Å². The van der Waals surface area contributed by atoms with Gasteiger partial charge in [-0.2, -0.15) is 0 Å². The number of hydrogen-bond donors (Lipinski definition) is 2. The Labute approximate surface area is 181 Å². The first-order valence-corrected chi connectivity index (χ1v) is 11.1. The maximum absolute atomic E-state index is 11.3. The highest BCUT2D eigenvalue weighted by Gasteiger charge is 2.81. The van der Waals surface area contributed by atoms with Crippen molar-refractivity contribution < 1.29 is 24.4 Å². The lowest BCUT2D eigenvalue weighted by Crippen LogP contribution is -2.79. The summed E-state index contributed by atoms with van der Waals surface area (Å²) < 4.78 is 18.9. The van der Waals surface area contributed by atoms with Crippen LogP contribution in [0.1, 0.15) is 41.5 Å². The van der Waals surface area contributed by atoms with Gasteiger partial charge in [0.2, 0.25) is 0 Å². The maximum Gasteiger partial charge on any atom is 0.166 e. The number of nitrogens with zero attached hydrogens (tertiary/aromatic N) is 1. The molecule has 6 nitrogen and oxygen atoms in total. The van der Waals surface area contributed by atoms with Crippen LogP contribution in [0.2, 0.25) is 0 Å². The molecule has 0 radical (unpaired) electrons. The summed E-state index contributed by atoms with van der Waals surface area (Å²) in [5.41, 5.74) is 2.65. The molecule has 2 aromatic carbocycles. The lowest BCUT2D eigenvalue weighted by Gasteiger charge is -2.71. The van der Waals surface area contributed by atoms with E-state index in [9.17, 15) is 10.2 Å². The van der Waals surface area contributed by atoms with Gasteiger partial charge in [0.25, 0.3) is 0 Å². The molecule has 2 fully saturated rings. The molecule has 2 aliphatic heterocycles. The minimum absolute atomic E-state index is 0.182. The van der Waals surface area contributed by atoms with Crippen molar-refractivity contribution >= 4 is 0 Å². The normalized spacial score (nSPS) is 38.4. The van der Waals surface area contributed by atoms with E-state index >= 15 is 0 Å². The average molecular weight is 421 g/mol. The summed E-state index contributed by atoms with van der Waals surface area (Å²) in [6.07, 6.45) is 3.15. The van der Waals surface area contributed by atoms with Crippen molar-refractivity contribution in [3.8, 4) is 23.0 Å². The van der Waals surface area contributed by atoms with Gasteiger partial charge >= 0.3 is 0 Å². The third kappa shape index (κ3) is 1.59. The second kappa shape index (κ2) is 5.30. The lowest BCUT2D eigenvalue weighted by atomic mass is 9.35. The topological polar surface area (TPSA) is 71.4 Å². The van der Waals surface area contributed by atoms with Crippen molar-refractivity contribution in [2.45, 2.75) is 54.3 Å². The standard InChI is InChI=1S/C25H27NO5/c1-26-11-10-24-18-13-4-7-16(29-2)21(18)31-22(24)25(30-3)9-8-23(24,17(26)12-13)19-14(27)5-6-15(28)20(19)25/h4-7,17,22,27-28H,8-12H2,1-3H3/t17-,22-,23+,24-,25-/m0/s1. The minimum Gasteiger partial charge on any atom is -0.508 e. The smallest absolute Gasteiger partial charge is 0.166 e. The predicted molar refractivity (Wildman–Crippen MR) is 113 cm³/mol. The predicted octanol–water partition coefficient (Wildman–Crippen LogP) is 2.95. The average Bonchev–Trinajstić information content (AvgIpc) is 3.15. The molecule has 2 N–H and O–H groups in total. The number of benzene rings is 2. The molecule has 2 spiro atoms. The fourth-order valence-corrected chi connectivity index (χ4v) is 8.49. The maximum atomic E-state index is 11.3. The molecule has 0 aromatic heterocycles. The molecule has 4 bridgehead atoms. The Bertz CT molecular complexity index is 1160. The van der Waals surface area contributed by atoms with Gasteiger partial charge in [-0.05, 0) is 63.0 Å². The monoisotopic (exact) mass is 421 g/mol. The molecule has 4 aliphatic carbocycles. The van der Waals surface area contributed by atoms with Crippen molar-refractivity contribution in [1.82, 2.24) is 4.90 Å². The van der Waals surface area contributed by atoms with Crippen LogP contribution in [-0.4, -0.2) is 55.1 Å². The zero-order chi connectivity index (χ0) is 21.3. The van der Waals surface area contributed by atoms with E-state index in [0.29, 0.717) is 0 Å². The molecule has 2 aromatic rings. The van der Waals surface area contributed by atoms with E-state index in [4.69, 9.17) is 14.2 Å². The Morgan fingerprint density at radius 1 is 0.968 bits per heavy atom. The molecular formula is C25H27NO5. The summed E-state index contributed by atoms with van der Waals surface area (Å²) in [6.45, 7) is 0.955. The van der Waals surface area contributed by atoms with Crippen LogP contribution in [0.5, 0.6) is 23.0 Å². The van der Waals surface area contributed by atoms with Gasteiger partial charge in [0.1, 0.15) is 23.2 Å². The molecule has 6 heteroatoms. The first-order valence-electron chi connectivity index (χ1n) is 11.1. The summed E-state index contributed by atoms with van der Waals surface area (Å²) in [5, 5.41) is 22.4. The van der Waals surface area contributed by atoms with Crippen LogP contribution in [0.4, 0.5) is 0 Å². The number of phenols is 2. The number of ether oxygens (including phenoxy) is 3. The van der Waals surface area contributed by atoms with Gasteiger partial charge in [-0.1, -0.05) is 6.07 Å². The Morgan fingerprint density at radius 2 is 1.74 bits per heavy atom. The Kier molecular flexibility index (Phi) is 3.11. The number of fused-ring (bicyclic) bond motifs is 1. The molecule has 0 unspecified atom stereocenters. The van der Waals surface area contributed by atoms with Gasteiger partial charge in [-0.25, -0.2) is 0 Å². The second-order valence-corrected chi connectivity index (χ2v) is 9.97. The van der Waals surface area contributed by atoms with Gasteiger partial charge in [-0.15, -0.1) is 0 Å². The SMILES string of the molecule is COc1ccc2c3c1O[C@@H]1[C@]4(OC)CC[C@]5(c6c(O)ccc(O)c64)[C@H](C2)N(C)CC[C@]315. The number of aromatic hydroxyl groups is 2. The van der Waals surface area contributed by atoms with E-state index in [1.54, 1.807) is 26.4 Å². The van der Waals surface area contributed by atoms with Crippen molar-refractivity contribution in [1.29, 1.82) is 0 Å². The molecule has 31 heavy (non-hydrogen) atoms. The summed E-state index contributed by atoms with van der Waals surface area (Å²) in [7, 11) is 5.59. The van der Waals surface area contributed by atoms with Crippen molar-refractivity contribution in [3.05, 3.63) is 46.5 Å². The number of likely N-dealkylation sites (tertiary alicyclic amines) is 1. The molecule has 2 heterocycles. The van der Waals surface area contributed by atoms with Crippen LogP contribution in [0.3, 0.4) is 0 Å². The lowest BCUT2D eigenvalue weighted by molar-refractivity contribution is -0.206. The molecule has 6 aliphatic rings. The third-order valence-electron chi connectivity index (χ3n) is 9.44. The second-order valence-electron chi connectivity index (χ2n) is 9.97. The van der Waals surface area contributed by atoms with Gasteiger partial charge < -0.3 is 29.3 Å². The highest BCUT2D eigenvalue weighted by Crippen LogP contribution is 2.77. The first kappa shape index (κ1) is 18.2. The van der Waals surface area contributed by atoms with Crippen LogP contribution in [0.25, 0.3) is 0 Å². The van der Waals surface area contributed by atoms with Crippen molar-refractivity contribution in [2.24, 2.45) is 0 Å². The Hall–Kier alpha value is -2.44. The van der Waals surface area contributed by atoms with Crippen LogP contribution >= 0.6 is 0 Å². The number of rotatable bonds is 2. The number of likely N-dealkylation sites (N-methyl/N-ethyl adjacent to an activating group) is 1. The molecule has 162 valence electrons. The molecule has 8 rings (SSSR count). The van der Waals surface area contributed by atoms with Crippen LogP contribution < -0.4 is 9.47 Å². The molecular weight excluding hydrogens is 394 g/mol. The summed E-state index contributed by atoms with van der Waals surface area (Å²) >= 11 is 0. The zero-order valence-electron chi connectivity index (χ0n) is 18.1. The number of methoxy groups -OCH3 is 2. The quantitative estimate of drug-likeness (QED) is 0.727. The molecule has 1 saturated carbocycles. The van der Waals surface area contributed by atoms with Gasteiger partial charge in [0.15, 0.2) is 11.5 Å². The van der Waals surface area contributed by atoms with E-state index in [0.717, 1.165) is 54.9 Å². The Morgan fingerprint density at radius 3 is 2.48 bits per heavy atom. The summed E-state index contributed by atoms with van der Waals surface area (Å²) in [6, 6.07) is 7.65. The number of piperidine rings is 1. The largest absolute Gasteiger partial charge is 0.508 e. The van der Waals surface area contributed by atoms with E-state index < -0.39 is 5.60 Å². The molecule has 0 amide bonds. The zero-order valence-corrected chi connectivity index (χ0v) is 18.1. The minimum atomic E-state index is -0.820. The van der Waals surface area contributed by atoms with E-state index in [1.165, 1.54) is 11.1 Å². The van der Waals surface area contributed by atoms with E-state index in [2.05, 4.69) is 18.0 Å². The van der Waals surface area contributed by atoms with Crippen LogP contribution in [-0.2, 0) is 27.6 Å². The first-order chi connectivity index (χ1) is 15.0. The molecule has 1 saturated heterocycles. The van der Waals surface area contributed by atoms with Gasteiger partial charge in [0, 0.05) is 35.3 Å². The van der Waals surface area contributed by atoms with E-state index in [1.807, 2.05) is 6.07 Å². The van der Waals surface area contributed by atoms with Gasteiger partial charge in [-0.3, -0.25) is 0 Å². The molecule has 5 atom stereocenters. The van der Waals surface area contributed by atoms with Crippen LogP contribution in [0.15, 0.2) is 24.3 Å². The summed E-state index contributed by atoms with van der Waals surface area (Å²) in [4.78, 5) is 2.45. The van der Waals surface area contributed by atoms with Gasteiger partial charge in [0.05, 0.1) is 12.5 Å². The highest BCUT2D eigenvalue weighted by atomic mass is 16.6. The third-order valence-corrected chi connectivity index (χ3v) is 9.44. The number of phenolic OH excluding ortho intramolecular Hbond substituents is 2. The van der Waals surface area contributed by atoms with Crippen molar-refractivity contribution in [2.75, 3.05) is 27.8 Å². The summed E-state index contributed by atoms with van der Waals surface area (Å²) in [5.74, 6) is 2.01. The fourth-order valence-electron chi connectivity index (χ4n) is 8.49. The fraction of sp³-hybridized carbons (Fsp3) is 0.520.